The van der Waals surface area contributed by atoms with Crippen LogP contribution in [0.1, 0.15) is 24.3 Å². The molecule has 17 heavy (non-hydrogen) atoms. The van der Waals surface area contributed by atoms with Crippen molar-refractivity contribution in [2.75, 3.05) is 26.7 Å². The molecule has 1 aromatic rings. The van der Waals surface area contributed by atoms with Crippen LogP contribution >= 0.6 is 0 Å². The zero-order valence-electron chi connectivity index (χ0n) is 10.3. The van der Waals surface area contributed by atoms with Gasteiger partial charge in [-0.25, -0.2) is 0 Å². The second kappa shape index (κ2) is 5.82. The van der Waals surface area contributed by atoms with Gasteiger partial charge in [0, 0.05) is 0 Å². The molecule has 0 saturated carbocycles. The van der Waals surface area contributed by atoms with Crippen molar-refractivity contribution in [1.29, 1.82) is 0 Å². The van der Waals surface area contributed by atoms with Crippen LogP contribution in [0.4, 0.5) is 0 Å². The number of rotatable bonds is 3. The van der Waals surface area contributed by atoms with Crippen LogP contribution in [0.5, 0.6) is 0 Å². The molecule has 0 radical (unpaired) electrons. The SMILES string of the molecule is COC(=O)CN1CCC(c2ccccc2)CC1. The highest BCUT2D eigenvalue weighted by molar-refractivity contribution is 5.71. The van der Waals surface area contributed by atoms with Crippen molar-refractivity contribution in [1.82, 2.24) is 4.90 Å². The lowest BCUT2D eigenvalue weighted by molar-refractivity contribution is -0.142. The molecule has 92 valence electrons. The molecule has 3 nitrogen and oxygen atoms in total. The number of likely N-dealkylation sites (tertiary alicyclic amines) is 1. The van der Waals surface area contributed by atoms with E-state index < -0.39 is 0 Å². The van der Waals surface area contributed by atoms with Crippen molar-refractivity contribution < 1.29 is 9.53 Å². The third-order valence-electron chi connectivity index (χ3n) is 3.44. The molecule has 2 rings (SSSR count). The van der Waals surface area contributed by atoms with Crippen LogP contribution in [0.25, 0.3) is 0 Å². The van der Waals surface area contributed by atoms with E-state index in [2.05, 4.69) is 40.0 Å². The summed E-state index contributed by atoms with van der Waals surface area (Å²) in [6, 6.07) is 10.6. The van der Waals surface area contributed by atoms with E-state index in [1.807, 2.05) is 0 Å². The van der Waals surface area contributed by atoms with Gasteiger partial charge < -0.3 is 4.74 Å². The molecule has 1 aliphatic heterocycles. The van der Waals surface area contributed by atoms with Gasteiger partial charge in [0.2, 0.25) is 0 Å². The summed E-state index contributed by atoms with van der Waals surface area (Å²) in [5.74, 6) is 0.508. The van der Waals surface area contributed by atoms with E-state index in [0.29, 0.717) is 12.5 Å². The third-order valence-corrected chi connectivity index (χ3v) is 3.44. The highest BCUT2D eigenvalue weighted by atomic mass is 16.5. The van der Waals surface area contributed by atoms with Gasteiger partial charge in [-0.3, -0.25) is 9.69 Å². The molecule has 1 fully saturated rings. The predicted octanol–water partition coefficient (Wildman–Crippen LogP) is 2.04. The number of benzene rings is 1. The first-order chi connectivity index (χ1) is 8.29. The Labute approximate surface area is 102 Å². The minimum absolute atomic E-state index is 0.136. The normalized spacial score (nSPS) is 17.9. The van der Waals surface area contributed by atoms with Crippen LogP contribution in [-0.4, -0.2) is 37.6 Å². The van der Waals surface area contributed by atoms with E-state index >= 15 is 0 Å². The van der Waals surface area contributed by atoms with Gasteiger partial charge in [-0.15, -0.1) is 0 Å². The fourth-order valence-corrected chi connectivity index (χ4v) is 2.40. The van der Waals surface area contributed by atoms with E-state index in [9.17, 15) is 4.79 Å². The van der Waals surface area contributed by atoms with Crippen molar-refractivity contribution in [2.45, 2.75) is 18.8 Å². The summed E-state index contributed by atoms with van der Waals surface area (Å²) in [5, 5.41) is 0. The van der Waals surface area contributed by atoms with Gasteiger partial charge in [0.25, 0.3) is 0 Å². The minimum atomic E-state index is -0.136. The highest BCUT2D eigenvalue weighted by Crippen LogP contribution is 2.27. The van der Waals surface area contributed by atoms with Gasteiger partial charge in [-0.2, -0.15) is 0 Å². The predicted molar refractivity (Wildman–Crippen MR) is 66.9 cm³/mol. The second-order valence-corrected chi connectivity index (χ2v) is 4.54. The van der Waals surface area contributed by atoms with Gasteiger partial charge >= 0.3 is 5.97 Å². The van der Waals surface area contributed by atoms with Crippen LogP contribution in [0.15, 0.2) is 30.3 Å². The van der Waals surface area contributed by atoms with Crippen molar-refractivity contribution in [3.8, 4) is 0 Å². The molecular formula is C14H19NO2. The van der Waals surface area contributed by atoms with Crippen LogP contribution in [-0.2, 0) is 9.53 Å². The van der Waals surface area contributed by atoms with Crippen LogP contribution < -0.4 is 0 Å². The lowest BCUT2D eigenvalue weighted by atomic mass is 9.89. The number of carbonyl (C=O) groups is 1. The van der Waals surface area contributed by atoms with E-state index in [1.165, 1.54) is 12.7 Å². The molecule has 0 unspecified atom stereocenters. The summed E-state index contributed by atoms with van der Waals surface area (Å²) >= 11 is 0. The molecule has 1 aliphatic rings. The monoisotopic (exact) mass is 233 g/mol. The Bertz CT molecular complexity index is 356. The summed E-state index contributed by atoms with van der Waals surface area (Å²) in [7, 11) is 1.44. The Balaban J connectivity index is 1.84. The zero-order chi connectivity index (χ0) is 12.1. The smallest absolute Gasteiger partial charge is 0.319 e. The minimum Gasteiger partial charge on any atom is -0.468 e. The third kappa shape index (κ3) is 3.30. The van der Waals surface area contributed by atoms with Crippen molar-refractivity contribution in [3.63, 3.8) is 0 Å². The van der Waals surface area contributed by atoms with Crippen molar-refractivity contribution in [3.05, 3.63) is 35.9 Å². The highest BCUT2D eigenvalue weighted by Gasteiger charge is 2.21. The van der Waals surface area contributed by atoms with E-state index in [0.717, 1.165) is 25.9 Å². The molecule has 0 atom stereocenters. The average molecular weight is 233 g/mol. The van der Waals surface area contributed by atoms with Crippen LogP contribution in [0, 0.1) is 0 Å². The summed E-state index contributed by atoms with van der Waals surface area (Å²) < 4.78 is 4.68. The lowest BCUT2D eigenvalue weighted by Crippen LogP contribution is -2.37. The number of hydrogen-bond donors (Lipinski definition) is 0. The Kier molecular flexibility index (Phi) is 4.15. The van der Waals surface area contributed by atoms with Gasteiger partial charge in [0.05, 0.1) is 13.7 Å². The Hall–Kier alpha value is -1.35. The Morgan fingerprint density at radius 3 is 2.53 bits per heavy atom. The summed E-state index contributed by atoms with van der Waals surface area (Å²) in [5.41, 5.74) is 1.42. The van der Waals surface area contributed by atoms with Gasteiger partial charge in [-0.05, 0) is 37.4 Å². The molecule has 0 bridgehead atoms. The number of esters is 1. The number of methoxy groups -OCH3 is 1. The second-order valence-electron chi connectivity index (χ2n) is 4.54. The quantitative estimate of drug-likeness (QED) is 0.748. The van der Waals surface area contributed by atoms with Gasteiger partial charge in [0.15, 0.2) is 0 Å². The first kappa shape index (κ1) is 12.1. The molecule has 0 aliphatic carbocycles. The number of nitrogens with zero attached hydrogens (tertiary/aromatic N) is 1. The van der Waals surface area contributed by atoms with Gasteiger partial charge in [-0.1, -0.05) is 30.3 Å². The summed E-state index contributed by atoms with van der Waals surface area (Å²) in [6.45, 7) is 2.39. The first-order valence-electron chi connectivity index (χ1n) is 6.13. The van der Waals surface area contributed by atoms with E-state index in [4.69, 9.17) is 0 Å². The first-order valence-corrected chi connectivity index (χ1v) is 6.13. The number of ether oxygens (including phenoxy) is 1. The molecule has 0 amide bonds. The standard InChI is InChI=1S/C14H19NO2/c1-17-14(16)11-15-9-7-13(8-10-15)12-5-3-2-4-6-12/h2-6,13H,7-11H2,1H3. The molecule has 1 aromatic carbocycles. The maximum absolute atomic E-state index is 11.2. The zero-order valence-corrected chi connectivity index (χ0v) is 10.3. The maximum Gasteiger partial charge on any atom is 0.319 e. The van der Waals surface area contributed by atoms with Crippen LogP contribution in [0.3, 0.4) is 0 Å². The number of piperidine rings is 1. The summed E-state index contributed by atoms with van der Waals surface area (Å²) in [6.07, 6.45) is 2.25. The summed E-state index contributed by atoms with van der Waals surface area (Å²) in [4.78, 5) is 13.3. The lowest BCUT2D eigenvalue weighted by Gasteiger charge is -2.31. The van der Waals surface area contributed by atoms with Gasteiger partial charge in [0.1, 0.15) is 0 Å². The number of hydrogen-bond acceptors (Lipinski definition) is 3. The molecule has 1 heterocycles. The molecule has 1 saturated heterocycles. The molecular weight excluding hydrogens is 214 g/mol. The van der Waals surface area contributed by atoms with Crippen molar-refractivity contribution in [2.24, 2.45) is 0 Å². The fraction of sp³-hybridized carbons (Fsp3) is 0.500. The Morgan fingerprint density at radius 2 is 1.94 bits per heavy atom. The number of carbonyl (C=O) groups excluding carboxylic acids is 1. The fourth-order valence-electron chi connectivity index (χ4n) is 2.40. The van der Waals surface area contributed by atoms with Crippen LogP contribution in [0.2, 0.25) is 0 Å². The topological polar surface area (TPSA) is 29.5 Å². The Morgan fingerprint density at radius 1 is 1.29 bits per heavy atom. The van der Waals surface area contributed by atoms with E-state index in [1.54, 1.807) is 0 Å². The average Bonchev–Trinajstić information content (AvgIpc) is 2.40. The van der Waals surface area contributed by atoms with E-state index in [-0.39, 0.29) is 5.97 Å². The molecule has 0 N–H and O–H groups in total. The molecule has 3 heteroatoms. The molecule has 0 aromatic heterocycles. The molecule has 0 spiro atoms. The van der Waals surface area contributed by atoms with Crippen molar-refractivity contribution >= 4 is 5.97 Å². The largest absolute Gasteiger partial charge is 0.468 e. The maximum atomic E-state index is 11.2.